The van der Waals surface area contributed by atoms with Crippen LogP contribution in [0.3, 0.4) is 0 Å². The van der Waals surface area contributed by atoms with Gasteiger partial charge in [0, 0.05) is 12.8 Å². The van der Waals surface area contributed by atoms with Crippen LogP contribution in [-0.4, -0.2) is 84.3 Å². The molecule has 2 rings (SSSR count). The van der Waals surface area contributed by atoms with Crippen LogP contribution in [0.1, 0.15) is 24.0 Å². The van der Waals surface area contributed by atoms with Gasteiger partial charge >= 0.3 is 23.9 Å². The zero-order chi connectivity index (χ0) is 31.7. The van der Waals surface area contributed by atoms with Crippen LogP contribution in [0.15, 0.2) is 60.7 Å². The summed E-state index contributed by atoms with van der Waals surface area (Å²) >= 11 is 0. The SMILES string of the molecule is COC(=O)[C@H](Cc1ccccc1)NC(=O)[C@@H](N)CC(=O)O.COC(=O)[C@H](Cc1ccccc1)NC(=O)[C@@H](N)CC(=O)O. The van der Waals surface area contributed by atoms with Gasteiger partial charge in [-0.25, -0.2) is 9.59 Å². The van der Waals surface area contributed by atoms with Crippen LogP contribution < -0.4 is 22.1 Å². The number of carbonyl (C=O) groups excluding carboxylic acids is 4. The van der Waals surface area contributed by atoms with Crippen molar-refractivity contribution in [1.82, 2.24) is 10.6 Å². The maximum atomic E-state index is 11.8. The summed E-state index contributed by atoms with van der Waals surface area (Å²) in [5, 5.41) is 22.1. The van der Waals surface area contributed by atoms with Gasteiger partial charge in [-0.1, -0.05) is 60.7 Å². The molecule has 0 unspecified atom stereocenters. The number of aliphatic carboxylic acids is 2. The molecule has 0 aliphatic carbocycles. The van der Waals surface area contributed by atoms with E-state index in [1.807, 2.05) is 36.4 Å². The molecule has 228 valence electrons. The predicted octanol–water partition coefficient (Wildman–Crippen LogP) is -0.622. The van der Waals surface area contributed by atoms with Crippen molar-refractivity contribution in [3.63, 3.8) is 0 Å². The molecule has 0 aromatic heterocycles. The van der Waals surface area contributed by atoms with Crippen LogP contribution in [0.2, 0.25) is 0 Å². The summed E-state index contributed by atoms with van der Waals surface area (Å²) in [6.45, 7) is 0. The minimum Gasteiger partial charge on any atom is -0.481 e. The number of hydrogen-bond acceptors (Lipinski definition) is 10. The fourth-order valence-electron chi connectivity index (χ4n) is 3.49. The second-order valence-electron chi connectivity index (χ2n) is 8.96. The van der Waals surface area contributed by atoms with Crippen molar-refractivity contribution < 1.29 is 48.5 Å². The summed E-state index contributed by atoms with van der Waals surface area (Å²) in [4.78, 5) is 68.0. The number of carboxylic acid groups (broad SMARTS) is 2. The van der Waals surface area contributed by atoms with Crippen LogP contribution >= 0.6 is 0 Å². The molecular weight excluding hydrogens is 552 g/mol. The summed E-state index contributed by atoms with van der Waals surface area (Å²) in [6.07, 6.45) is -0.547. The Hall–Kier alpha value is -4.82. The number of rotatable bonds is 14. The molecule has 14 nitrogen and oxygen atoms in total. The number of hydrogen-bond donors (Lipinski definition) is 6. The summed E-state index contributed by atoms with van der Waals surface area (Å²) in [5.41, 5.74) is 12.6. The number of nitrogens with two attached hydrogens (primary N) is 2. The molecular formula is C28H36N4O10. The summed E-state index contributed by atoms with van der Waals surface area (Å²) in [6, 6.07) is 13.9. The molecule has 0 aliphatic heterocycles. The van der Waals surface area contributed by atoms with E-state index in [-0.39, 0.29) is 12.8 Å². The molecule has 0 spiro atoms. The van der Waals surface area contributed by atoms with Gasteiger partial charge in [-0.05, 0) is 11.1 Å². The fraction of sp³-hybridized carbons (Fsp3) is 0.357. The average molecular weight is 589 g/mol. The molecule has 2 amide bonds. The lowest BCUT2D eigenvalue weighted by atomic mass is 10.1. The van der Waals surface area contributed by atoms with E-state index < -0.39 is 72.7 Å². The van der Waals surface area contributed by atoms with Crippen LogP contribution in [0.25, 0.3) is 0 Å². The lowest BCUT2D eigenvalue weighted by Gasteiger charge is -2.18. The number of methoxy groups -OCH3 is 2. The Morgan fingerprint density at radius 1 is 0.643 bits per heavy atom. The molecule has 8 N–H and O–H groups in total. The molecule has 14 heteroatoms. The Labute approximate surface area is 242 Å². The first-order chi connectivity index (χ1) is 19.9. The van der Waals surface area contributed by atoms with Crippen LogP contribution in [0.5, 0.6) is 0 Å². The Balaban J connectivity index is 0.000000420. The molecule has 0 heterocycles. The van der Waals surface area contributed by atoms with Gasteiger partial charge in [-0.2, -0.15) is 0 Å². The van der Waals surface area contributed by atoms with E-state index >= 15 is 0 Å². The number of benzene rings is 2. The Morgan fingerprint density at radius 3 is 1.21 bits per heavy atom. The minimum atomic E-state index is -1.22. The maximum absolute atomic E-state index is 11.8. The van der Waals surface area contributed by atoms with Crippen LogP contribution in [-0.2, 0) is 51.1 Å². The smallest absolute Gasteiger partial charge is 0.328 e. The number of amides is 2. The highest BCUT2D eigenvalue weighted by molar-refractivity contribution is 5.90. The third kappa shape index (κ3) is 13.5. The molecule has 2 aromatic carbocycles. The third-order valence-corrected chi connectivity index (χ3v) is 5.63. The largest absolute Gasteiger partial charge is 0.481 e. The quantitative estimate of drug-likeness (QED) is 0.151. The number of carbonyl (C=O) groups is 6. The van der Waals surface area contributed by atoms with E-state index in [4.69, 9.17) is 21.7 Å². The van der Waals surface area contributed by atoms with Gasteiger partial charge in [-0.3, -0.25) is 19.2 Å². The zero-order valence-electron chi connectivity index (χ0n) is 23.2. The van der Waals surface area contributed by atoms with Crippen molar-refractivity contribution in [2.24, 2.45) is 11.5 Å². The van der Waals surface area contributed by atoms with E-state index in [0.29, 0.717) is 0 Å². The van der Waals surface area contributed by atoms with E-state index in [1.54, 1.807) is 24.3 Å². The topological polar surface area (TPSA) is 237 Å². The molecule has 0 saturated heterocycles. The zero-order valence-corrected chi connectivity index (χ0v) is 23.2. The molecule has 42 heavy (non-hydrogen) atoms. The minimum absolute atomic E-state index is 0.235. The highest BCUT2D eigenvalue weighted by Gasteiger charge is 2.27. The van der Waals surface area contributed by atoms with E-state index in [2.05, 4.69) is 20.1 Å². The first-order valence-electron chi connectivity index (χ1n) is 12.7. The number of ether oxygens (including phenoxy) is 2. The average Bonchev–Trinajstić information content (AvgIpc) is 2.96. The Bertz CT molecular complexity index is 1100. The van der Waals surface area contributed by atoms with Crippen molar-refractivity contribution in [3.05, 3.63) is 71.8 Å². The first kappa shape index (κ1) is 35.2. The third-order valence-electron chi connectivity index (χ3n) is 5.63. The molecule has 0 radical (unpaired) electrons. The molecule has 2 aromatic rings. The van der Waals surface area contributed by atoms with Gasteiger partial charge < -0.3 is 41.8 Å². The molecule has 0 bridgehead atoms. The standard InChI is InChI=1S/2C14H18N2O5/c2*1-21-14(20)11(7-9-5-3-2-4-6-9)16-13(19)10(15)8-12(17)18/h2*2-6,10-11H,7-8,15H2,1H3,(H,16,19)(H,17,18)/t2*10-,11-/m00/s1. The number of nitrogens with one attached hydrogen (secondary N) is 2. The predicted molar refractivity (Wildman–Crippen MR) is 149 cm³/mol. The molecule has 0 fully saturated rings. The van der Waals surface area contributed by atoms with Gasteiger partial charge in [0.15, 0.2) is 0 Å². The van der Waals surface area contributed by atoms with E-state index in [1.165, 1.54) is 14.2 Å². The Kier molecular flexibility index (Phi) is 15.5. The summed E-state index contributed by atoms with van der Waals surface area (Å²) < 4.78 is 9.27. The summed E-state index contributed by atoms with van der Waals surface area (Å²) in [5.74, 6) is -5.01. The lowest BCUT2D eigenvalue weighted by molar-refractivity contribution is -0.146. The van der Waals surface area contributed by atoms with Gasteiger partial charge in [0.2, 0.25) is 11.8 Å². The van der Waals surface area contributed by atoms with Gasteiger partial charge in [0.05, 0.1) is 39.1 Å². The fourth-order valence-corrected chi connectivity index (χ4v) is 3.49. The highest BCUT2D eigenvalue weighted by Crippen LogP contribution is 2.06. The van der Waals surface area contributed by atoms with Gasteiger partial charge in [-0.15, -0.1) is 0 Å². The molecule has 4 atom stereocenters. The second-order valence-corrected chi connectivity index (χ2v) is 8.96. The summed E-state index contributed by atoms with van der Waals surface area (Å²) in [7, 11) is 2.42. The van der Waals surface area contributed by atoms with E-state index in [0.717, 1.165) is 11.1 Å². The molecule has 0 aliphatic rings. The van der Waals surface area contributed by atoms with Gasteiger partial charge in [0.25, 0.3) is 0 Å². The van der Waals surface area contributed by atoms with Crippen molar-refractivity contribution in [3.8, 4) is 0 Å². The van der Waals surface area contributed by atoms with Crippen molar-refractivity contribution >= 4 is 35.7 Å². The number of esters is 2. The van der Waals surface area contributed by atoms with Crippen LogP contribution in [0, 0.1) is 0 Å². The first-order valence-corrected chi connectivity index (χ1v) is 12.7. The Morgan fingerprint density at radius 2 is 0.952 bits per heavy atom. The lowest BCUT2D eigenvalue weighted by Crippen LogP contribution is -2.50. The van der Waals surface area contributed by atoms with Crippen molar-refractivity contribution in [2.75, 3.05) is 14.2 Å². The monoisotopic (exact) mass is 588 g/mol. The van der Waals surface area contributed by atoms with Crippen LogP contribution in [0.4, 0.5) is 0 Å². The highest BCUT2D eigenvalue weighted by atomic mass is 16.5. The van der Waals surface area contributed by atoms with Crippen molar-refractivity contribution in [2.45, 2.75) is 49.9 Å². The normalized spacial score (nSPS) is 13.0. The van der Waals surface area contributed by atoms with E-state index in [9.17, 15) is 28.8 Å². The molecule has 0 saturated carbocycles. The van der Waals surface area contributed by atoms with Gasteiger partial charge in [0.1, 0.15) is 12.1 Å². The second kappa shape index (κ2) is 18.5. The van der Waals surface area contributed by atoms with Crippen molar-refractivity contribution in [1.29, 1.82) is 0 Å². The maximum Gasteiger partial charge on any atom is 0.328 e. The number of carboxylic acids is 2.